The molecule has 1 aliphatic rings. The SMILES string of the molecule is CCC(C)(C)c1ccc(O)c(C2CCCC2)c1. The van der Waals surface area contributed by atoms with Crippen LogP contribution in [0.2, 0.25) is 0 Å². The quantitative estimate of drug-likeness (QED) is 0.798. The van der Waals surface area contributed by atoms with Crippen LogP contribution in [0.15, 0.2) is 18.2 Å². The summed E-state index contributed by atoms with van der Waals surface area (Å²) in [4.78, 5) is 0. The van der Waals surface area contributed by atoms with E-state index in [-0.39, 0.29) is 5.41 Å². The standard InChI is InChI=1S/C16H24O/c1-4-16(2,3)13-9-10-15(17)14(11-13)12-7-5-6-8-12/h9-12,17H,4-8H2,1-3H3. The molecule has 0 saturated heterocycles. The van der Waals surface area contributed by atoms with Gasteiger partial charge in [-0.25, -0.2) is 0 Å². The van der Waals surface area contributed by atoms with Crippen molar-refractivity contribution in [3.63, 3.8) is 0 Å². The number of phenols is 1. The highest BCUT2D eigenvalue weighted by molar-refractivity contribution is 5.41. The predicted octanol–water partition coefficient (Wildman–Crippen LogP) is 4.74. The Morgan fingerprint density at radius 1 is 1.24 bits per heavy atom. The van der Waals surface area contributed by atoms with Crippen molar-refractivity contribution < 1.29 is 5.11 Å². The second kappa shape index (κ2) is 4.72. The number of benzene rings is 1. The summed E-state index contributed by atoms with van der Waals surface area (Å²) < 4.78 is 0. The minimum absolute atomic E-state index is 0.209. The second-order valence-corrected chi connectivity index (χ2v) is 5.99. The number of rotatable bonds is 3. The number of hydrogen-bond donors (Lipinski definition) is 1. The van der Waals surface area contributed by atoms with Crippen LogP contribution in [0.5, 0.6) is 5.75 Å². The fourth-order valence-corrected chi connectivity index (χ4v) is 2.74. The van der Waals surface area contributed by atoms with Gasteiger partial charge in [0.05, 0.1) is 0 Å². The van der Waals surface area contributed by atoms with Gasteiger partial charge < -0.3 is 5.11 Å². The van der Waals surface area contributed by atoms with E-state index in [1.807, 2.05) is 6.07 Å². The lowest BCUT2D eigenvalue weighted by atomic mass is 9.80. The van der Waals surface area contributed by atoms with Crippen molar-refractivity contribution in [2.75, 3.05) is 0 Å². The van der Waals surface area contributed by atoms with Crippen LogP contribution in [0.4, 0.5) is 0 Å². The van der Waals surface area contributed by atoms with E-state index in [0.29, 0.717) is 11.7 Å². The van der Waals surface area contributed by atoms with Crippen LogP contribution >= 0.6 is 0 Å². The van der Waals surface area contributed by atoms with Gasteiger partial charge >= 0.3 is 0 Å². The average Bonchev–Trinajstić information content (AvgIpc) is 2.83. The zero-order valence-corrected chi connectivity index (χ0v) is 11.3. The molecule has 0 heterocycles. The first-order chi connectivity index (χ1) is 8.04. The molecule has 0 radical (unpaired) electrons. The van der Waals surface area contributed by atoms with Gasteiger partial charge in [-0.1, -0.05) is 45.7 Å². The van der Waals surface area contributed by atoms with Crippen molar-refractivity contribution in [2.45, 2.75) is 64.2 Å². The second-order valence-electron chi connectivity index (χ2n) is 5.99. The lowest BCUT2D eigenvalue weighted by molar-refractivity contribution is 0.456. The van der Waals surface area contributed by atoms with E-state index in [0.717, 1.165) is 6.42 Å². The largest absolute Gasteiger partial charge is 0.508 e. The Balaban J connectivity index is 2.35. The lowest BCUT2D eigenvalue weighted by Gasteiger charge is -2.25. The first-order valence-electron chi connectivity index (χ1n) is 6.88. The van der Waals surface area contributed by atoms with Gasteiger partial charge in [-0.15, -0.1) is 0 Å². The van der Waals surface area contributed by atoms with Gasteiger partial charge in [-0.3, -0.25) is 0 Å². The first kappa shape index (κ1) is 12.5. The molecule has 0 amide bonds. The summed E-state index contributed by atoms with van der Waals surface area (Å²) in [5.74, 6) is 1.08. The molecule has 2 rings (SSSR count). The fraction of sp³-hybridized carbons (Fsp3) is 0.625. The minimum Gasteiger partial charge on any atom is -0.508 e. The van der Waals surface area contributed by atoms with E-state index in [1.54, 1.807) is 0 Å². The summed E-state index contributed by atoms with van der Waals surface area (Å²) >= 11 is 0. The number of phenolic OH excluding ortho intramolecular Hbond substituents is 1. The molecule has 0 atom stereocenters. The Bertz CT molecular complexity index is 387. The molecule has 0 aliphatic heterocycles. The van der Waals surface area contributed by atoms with E-state index < -0.39 is 0 Å². The Kier molecular flexibility index (Phi) is 3.46. The molecule has 94 valence electrons. The van der Waals surface area contributed by atoms with Crippen molar-refractivity contribution in [2.24, 2.45) is 0 Å². The van der Waals surface area contributed by atoms with Gasteiger partial charge in [-0.2, -0.15) is 0 Å². The molecule has 1 fully saturated rings. The van der Waals surface area contributed by atoms with E-state index in [4.69, 9.17) is 0 Å². The van der Waals surface area contributed by atoms with Crippen molar-refractivity contribution in [3.05, 3.63) is 29.3 Å². The molecule has 1 aromatic rings. The topological polar surface area (TPSA) is 20.2 Å². The highest BCUT2D eigenvalue weighted by Gasteiger charge is 2.24. The molecule has 1 saturated carbocycles. The summed E-state index contributed by atoms with van der Waals surface area (Å²) in [5, 5.41) is 10.0. The average molecular weight is 232 g/mol. The van der Waals surface area contributed by atoms with Crippen molar-refractivity contribution in [3.8, 4) is 5.75 Å². The third-order valence-corrected chi connectivity index (χ3v) is 4.49. The van der Waals surface area contributed by atoms with E-state index in [2.05, 4.69) is 32.9 Å². The molecule has 0 aromatic heterocycles. The normalized spacial score (nSPS) is 17.6. The number of aromatic hydroxyl groups is 1. The Morgan fingerprint density at radius 2 is 1.88 bits per heavy atom. The molecular formula is C16H24O. The highest BCUT2D eigenvalue weighted by Crippen LogP contribution is 2.40. The summed E-state index contributed by atoms with van der Waals surface area (Å²) in [6.07, 6.45) is 6.23. The van der Waals surface area contributed by atoms with Gasteiger partial charge in [0, 0.05) is 0 Å². The van der Waals surface area contributed by atoms with Gasteiger partial charge in [0.2, 0.25) is 0 Å². The molecule has 1 nitrogen and oxygen atoms in total. The molecule has 0 unspecified atom stereocenters. The Labute approximate surface area is 105 Å². The minimum atomic E-state index is 0.209. The summed E-state index contributed by atoms with van der Waals surface area (Å²) in [5.41, 5.74) is 2.75. The highest BCUT2D eigenvalue weighted by atomic mass is 16.3. The van der Waals surface area contributed by atoms with Crippen molar-refractivity contribution in [1.29, 1.82) is 0 Å². The Morgan fingerprint density at radius 3 is 2.47 bits per heavy atom. The van der Waals surface area contributed by atoms with Crippen LogP contribution in [-0.4, -0.2) is 5.11 Å². The van der Waals surface area contributed by atoms with Gasteiger partial charge in [0.1, 0.15) is 5.75 Å². The molecule has 17 heavy (non-hydrogen) atoms. The van der Waals surface area contributed by atoms with Crippen molar-refractivity contribution >= 4 is 0 Å². The maximum Gasteiger partial charge on any atom is 0.119 e. The van der Waals surface area contributed by atoms with Gasteiger partial charge in [0.25, 0.3) is 0 Å². The molecule has 1 aromatic carbocycles. The third-order valence-electron chi connectivity index (χ3n) is 4.49. The number of hydrogen-bond acceptors (Lipinski definition) is 1. The fourth-order valence-electron chi connectivity index (χ4n) is 2.74. The first-order valence-corrected chi connectivity index (χ1v) is 6.88. The van der Waals surface area contributed by atoms with Crippen LogP contribution in [0.25, 0.3) is 0 Å². The van der Waals surface area contributed by atoms with Gasteiger partial charge in [-0.05, 0) is 47.8 Å². The van der Waals surface area contributed by atoms with Crippen LogP contribution in [0, 0.1) is 0 Å². The Hall–Kier alpha value is -0.980. The summed E-state index contributed by atoms with van der Waals surface area (Å²) in [7, 11) is 0. The van der Waals surface area contributed by atoms with Crippen LogP contribution in [-0.2, 0) is 5.41 Å². The summed E-state index contributed by atoms with van der Waals surface area (Å²) in [6, 6.07) is 6.21. The predicted molar refractivity (Wildman–Crippen MR) is 72.6 cm³/mol. The van der Waals surface area contributed by atoms with E-state index in [9.17, 15) is 5.11 Å². The molecule has 1 N–H and O–H groups in total. The molecule has 0 spiro atoms. The molecule has 0 bridgehead atoms. The molecule has 1 heteroatoms. The molecular weight excluding hydrogens is 208 g/mol. The summed E-state index contributed by atoms with van der Waals surface area (Å²) in [6.45, 7) is 6.78. The van der Waals surface area contributed by atoms with Crippen LogP contribution in [0.3, 0.4) is 0 Å². The maximum atomic E-state index is 10.0. The smallest absolute Gasteiger partial charge is 0.119 e. The van der Waals surface area contributed by atoms with Crippen LogP contribution in [0.1, 0.15) is 69.9 Å². The van der Waals surface area contributed by atoms with Gasteiger partial charge in [0.15, 0.2) is 0 Å². The zero-order valence-electron chi connectivity index (χ0n) is 11.3. The monoisotopic (exact) mass is 232 g/mol. The van der Waals surface area contributed by atoms with Crippen LogP contribution < -0.4 is 0 Å². The maximum absolute atomic E-state index is 10.0. The lowest BCUT2D eigenvalue weighted by Crippen LogP contribution is -2.15. The van der Waals surface area contributed by atoms with E-state index >= 15 is 0 Å². The third kappa shape index (κ3) is 2.48. The van der Waals surface area contributed by atoms with Crippen molar-refractivity contribution in [1.82, 2.24) is 0 Å². The zero-order chi connectivity index (χ0) is 12.5. The van der Waals surface area contributed by atoms with E-state index in [1.165, 1.54) is 36.8 Å². The molecule has 1 aliphatic carbocycles.